The maximum Gasteiger partial charge on any atom is 0.263 e. The van der Waals surface area contributed by atoms with Crippen LogP contribution in [-0.4, -0.2) is 41.3 Å². The van der Waals surface area contributed by atoms with E-state index in [0.717, 1.165) is 49.5 Å². The van der Waals surface area contributed by atoms with Crippen molar-refractivity contribution in [2.75, 3.05) is 31.1 Å². The third-order valence-electron chi connectivity index (χ3n) is 4.09. The number of nitrogens with one attached hydrogen (secondary N) is 1. The molecule has 0 aliphatic carbocycles. The van der Waals surface area contributed by atoms with Crippen molar-refractivity contribution in [3.8, 4) is 0 Å². The van der Waals surface area contributed by atoms with E-state index < -0.39 is 0 Å². The molecule has 1 fully saturated rings. The fourth-order valence-corrected chi connectivity index (χ4v) is 3.09. The number of fused-ring (bicyclic) bond motifs is 1. The van der Waals surface area contributed by atoms with Crippen molar-refractivity contribution in [3.63, 3.8) is 0 Å². The van der Waals surface area contributed by atoms with Crippen molar-refractivity contribution in [1.82, 2.24) is 20.4 Å². The molecule has 2 aromatic heterocycles. The molecule has 0 bridgehead atoms. The number of anilines is 1. The fourth-order valence-electron chi connectivity index (χ4n) is 3.09. The minimum absolute atomic E-state index is 0.584. The van der Waals surface area contributed by atoms with Gasteiger partial charge in [-0.1, -0.05) is 12.1 Å². The van der Waals surface area contributed by atoms with Gasteiger partial charge in [0.1, 0.15) is 17.5 Å². The molecule has 6 heteroatoms. The minimum atomic E-state index is 0.584. The van der Waals surface area contributed by atoms with Crippen LogP contribution in [0.1, 0.15) is 31.9 Å². The molecule has 0 amide bonds. The predicted octanol–water partition coefficient (Wildman–Crippen LogP) is 2.14. The fraction of sp³-hybridized carbons (Fsp3) is 0.667. The lowest BCUT2D eigenvalue weighted by atomic mass is 9.99. The third-order valence-corrected chi connectivity index (χ3v) is 4.09. The van der Waals surface area contributed by atoms with E-state index in [9.17, 15) is 0 Å². The summed E-state index contributed by atoms with van der Waals surface area (Å²) in [7, 11) is 0. The van der Waals surface area contributed by atoms with Crippen molar-refractivity contribution in [2.24, 2.45) is 5.92 Å². The number of rotatable bonds is 5. The number of hydrogen-bond acceptors (Lipinski definition) is 6. The van der Waals surface area contributed by atoms with Gasteiger partial charge in [-0.15, -0.1) is 0 Å². The molecule has 6 nitrogen and oxygen atoms in total. The Morgan fingerprint density at radius 2 is 2.33 bits per heavy atom. The quantitative estimate of drug-likeness (QED) is 0.909. The van der Waals surface area contributed by atoms with E-state index in [4.69, 9.17) is 4.52 Å². The Bertz CT molecular complexity index is 591. The summed E-state index contributed by atoms with van der Waals surface area (Å²) in [5.74, 6) is 1.64. The number of aromatic nitrogens is 3. The first-order chi connectivity index (χ1) is 10.3. The molecular weight excluding hydrogens is 266 g/mol. The number of piperidine rings is 1. The smallest absolute Gasteiger partial charge is 0.263 e. The topological polar surface area (TPSA) is 67.1 Å². The molecule has 3 heterocycles. The summed E-state index contributed by atoms with van der Waals surface area (Å²) in [5, 5.41) is 8.47. The van der Waals surface area contributed by atoms with Gasteiger partial charge >= 0.3 is 0 Å². The second-order valence-corrected chi connectivity index (χ2v) is 5.80. The van der Waals surface area contributed by atoms with Gasteiger partial charge in [-0.05, 0) is 45.2 Å². The molecule has 0 radical (unpaired) electrons. The van der Waals surface area contributed by atoms with Gasteiger partial charge in [0.25, 0.3) is 5.71 Å². The molecule has 1 N–H and O–H groups in total. The third kappa shape index (κ3) is 3.00. The lowest BCUT2D eigenvalue weighted by Crippen LogP contribution is -2.39. The van der Waals surface area contributed by atoms with Crippen LogP contribution in [0.15, 0.2) is 10.9 Å². The van der Waals surface area contributed by atoms with Gasteiger partial charge in [0.2, 0.25) is 0 Å². The monoisotopic (exact) mass is 289 g/mol. The molecule has 1 atom stereocenters. The van der Waals surface area contributed by atoms with Crippen LogP contribution in [-0.2, 0) is 0 Å². The molecule has 1 aliphatic heterocycles. The lowest BCUT2D eigenvalue weighted by Gasteiger charge is -2.31. The first-order valence-electron chi connectivity index (χ1n) is 7.82. The Kier molecular flexibility index (Phi) is 4.34. The average molecular weight is 289 g/mol. The average Bonchev–Trinajstić information content (AvgIpc) is 2.90. The molecule has 1 aliphatic rings. The van der Waals surface area contributed by atoms with Crippen LogP contribution in [0.2, 0.25) is 0 Å². The van der Waals surface area contributed by atoms with E-state index in [1.165, 1.54) is 12.8 Å². The molecular formula is C15H23N5O. The Morgan fingerprint density at radius 1 is 1.43 bits per heavy atom. The normalized spacial score (nSPS) is 19.0. The molecule has 2 aromatic rings. The molecule has 114 valence electrons. The molecule has 21 heavy (non-hydrogen) atoms. The van der Waals surface area contributed by atoms with Crippen LogP contribution in [0.4, 0.5) is 5.82 Å². The van der Waals surface area contributed by atoms with E-state index in [1.54, 1.807) is 6.33 Å². The van der Waals surface area contributed by atoms with Crippen molar-refractivity contribution >= 4 is 16.9 Å². The molecule has 0 spiro atoms. The largest absolute Gasteiger partial charge is 0.356 e. The van der Waals surface area contributed by atoms with Crippen LogP contribution >= 0.6 is 0 Å². The Balaban J connectivity index is 1.89. The Morgan fingerprint density at radius 3 is 3.10 bits per heavy atom. The van der Waals surface area contributed by atoms with E-state index in [1.807, 2.05) is 6.92 Å². The van der Waals surface area contributed by atoms with Crippen LogP contribution in [0.3, 0.4) is 0 Å². The highest BCUT2D eigenvalue weighted by Gasteiger charge is 2.21. The van der Waals surface area contributed by atoms with Gasteiger partial charge in [-0.3, -0.25) is 0 Å². The van der Waals surface area contributed by atoms with Crippen molar-refractivity contribution in [2.45, 2.75) is 33.1 Å². The minimum Gasteiger partial charge on any atom is -0.356 e. The van der Waals surface area contributed by atoms with Gasteiger partial charge in [0, 0.05) is 13.1 Å². The first-order valence-corrected chi connectivity index (χ1v) is 7.82. The first kappa shape index (κ1) is 14.3. The van der Waals surface area contributed by atoms with E-state index in [-0.39, 0.29) is 0 Å². The summed E-state index contributed by atoms with van der Waals surface area (Å²) < 4.78 is 5.27. The molecule has 1 unspecified atom stereocenters. The van der Waals surface area contributed by atoms with Gasteiger partial charge in [-0.25, -0.2) is 4.98 Å². The zero-order valence-corrected chi connectivity index (χ0v) is 12.8. The second-order valence-electron chi connectivity index (χ2n) is 5.80. The molecule has 3 rings (SSSR count). The standard InChI is InChI=1S/C15H23N5O/c1-3-7-20(9-12-5-4-6-16-8-12)14-13-11(2)19-21-15(13)18-10-17-14/h10,12,16H,3-9H2,1-2H3. The summed E-state index contributed by atoms with van der Waals surface area (Å²) in [6.07, 6.45) is 5.21. The molecule has 0 aromatic carbocycles. The lowest BCUT2D eigenvalue weighted by molar-refractivity contribution is 0.376. The number of nitrogens with zero attached hydrogens (tertiary/aromatic N) is 4. The summed E-state index contributed by atoms with van der Waals surface area (Å²) in [4.78, 5) is 11.1. The van der Waals surface area contributed by atoms with Crippen LogP contribution < -0.4 is 10.2 Å². The predicted molar refractivity (Wildman–Crippen MR) is 82.4 cm³/mol. The number of hydrogen-bond donors (Lipinski definition) is 1. The maximum atomic E-state index is 5.27. The van der Waals surface area contributed by atoms with E-state index in [0.29, 0.717) is 11.6 Å². The zero-order valence-electron chi connectivity index (χ0n) is 12.8. The van der Waals surface area contributed by atoms with Gasteiger partial charge < -0.3 is 14.7 Å². The Hall–Kier alpha value is -1.69. The molecule has 1 saturated heterocycles. The van der Waals surface area contributed by atoms with Gasteiger partial charge in [-0.2, -0.15) is 4.98 Å². The summed E-state index contributed by atoms with van der Waals surface area (Å²) >= 11 is 0. The second kappa shape index (κ2) is 6.39. The van der Waals surface area contributed by atoms with Crippen molar-refractivity contribution in [3.05, 3.63) is 12.0 Å². The van der Waals surface area contributed by atoms with Crippen LogP contribution in [0.25, 0.3) is 11.1 Å². The highest BCUT2D eigenvalue weighted by atomic mass is 16.5. The summed E-state index contributed by atoms with van der Waals surface area (Å²) in [5.41, 5.74) is 1.45. The SMILES string of the molecule is CCCN(CC1CCCNC1)c1ncnc2onc(C)c12. The van der Waals surface area contributed by atoms with E-state index in [2.05, 4.69) is 32.3 Å². The summed E-state index contributed by atoms with van der Waals surface area (Å²) in [6, 6.07) is 0. The van der Waals surface area contributed by atoms with Gasteiger partial charge in [0.15, 0.2) is 0 Å². The van der Waals surface area contributed by atoms with E-state index >= 15 is 0 Å². The molecule has 0 saturated carbocycles. The van der Waals surface area contributed by atoms with Gasteiger partial charge in [0.05, 0.1) is 5.69 Å². The van der Waals surface area contributed by atoms with Crippen molar-refractivity contribution < 1.29 is 4.52 Å². The highest BCUT2D eigenvalue weighted by molar-refractivity contribution is 5.87. The van der Waals surface area contributed by atoms with Crippen LogP contribution in [0.5, 0.6) is 0 Å². The maximum absolute atomic E-state index is 5.27. The highest BCUT2D eigenvalue weighted by Crippen LogP contribution is 2.27. The van der Waals surface area contributed by atoms with Crippen molar-refractivity contribution in [1.29, 1.82) is 0 Å². The summed E-state index contributed by atoms with van der Waals surface area (Å²) in [6.45, 7) is 8.41. The number of aryl methyl sites for hydroxylation is 1. The Labute approximate surface area is 124 Å². The van der Waals surface area contributed by atoms with Crippen LogP contribution in [0, 0.1) is 12.8 Å². The zero-order chi connectivity index (χ0) is 14.7.